The van der Waals surface area contributed by atoms with E-state index in [0.717, 1.165) is 56.0 Å². The molecule has 2 aromatic rings. The summed E-state index contributed by atoms with van der Waals surface area (Å²) in [6, 6.07) is 8.22. The molecule has 1 atom stereocenters. The third kappa shape index (κ3) is 3.60. The zero-order valence-corrected chi connectivity index (χ0v) is 13.9. The highest BCUT2D eigenvalue weighted by molar-refractivity contribution is 5.73. The standard InChI is InChI=1S/C18H24N4O/c1-3-10-22-18(7-9-19-22)17-6-4-5-16(20-17)12-15-8-11-21(13-15)14(2)23/h4-7,9,15H,3,8,10-13H2,1-2H3. The summed E-state index contributed by atoms with van der Waals surface area (Å²) in [5.74, 6) is 0.694. The van der Waals surface area contributed by atoms with Crippen LogP contribution in [-0.4, -0.2) is 38.7 Å². The summed E-state index contributed by atoms with van der Waals surface area (Å²) in [5.41, 5.74) is 3.16. The van der Waals surface area contributed by atoms with Gasteiger partial charge in [0.1, 0.15) is 0 Å². The van der Waals surface area contributed by atoms with Gasteiger partial charge in [0.25, 0.3) is 0 Å². The molecule has 0 spiro atoms. The van der Waals surface area contributed by atoms with E-state index in [0.29, 0.717) is 5.92 Å². The van der Waals surface area contributed by atoms with E-state index >= 15 is 0 Å². The molecule has 2 aromatic heterocycles. The van der Waals surface area contributed by atoms with Crippen molar-refractivity contribution in [1.82, 2.24) is 19.7 Å². The Kier molecular flexibility index (Phi) is 4.74. The molecule has 0 radical (unpaired) electrons. The number of aryl methyl sites for hydroxylation is 1. The molecule has 3 rings (SSSR count). The van der Waals surface area contributed by atoms with Crippen LogP contribution in [-0.2, 0) is 17.8 Å². The summed E-state index contributed by atoms with van der Waals surface area (Å²) in [7, 11) is 0. The van der Waals surface area contributed by atoms with Gasteiger partial charge in [0.05, 0.1) is 11.4 Å². The Morgan fingerprint density at radius 1 is 1.35 bits per heavy atom. The lowest BCUT2D eigenvalue weighted by Crippen LogP contribution is -2.26. The number of hydrogen-bond acceptors (Lipinski definition) is 3. The van der Waals surface area contributed by atoms with Crippen LogP contribution < -0.4 is 0 Å². The van der Waals surface area contributed by atoms with Crippen molar-refractivity contribution in [3.05, 3.63) is 36.2 Å². The number of amides is 1. The fourth-order valence-corrected chi connectivity index (χ4v) is 3.26. The maximum atomic E-state index is 11.5. The van der Waals surface area contributed by atoms with E-state index in [1.165, 1.54) is 0 Å². The van der Waals surface area contributed by atoms with Crippen LogP contribution in [0.4, 0.5) is 0 Å². The number of carbonyl (C=O) groups excluding carboxylic acids is 1. The summed E-state index contributed by atoms with van der Waals surface area (Å²) in [4.78, 5) is 18.2. The number of nitrogens with zero attached hydrogens (tertiary/aromatic N) is 4. The number of pyridine rings is 1. The van der Waals surface area contributed by atoms with Crippen LogP contribution in [0.5, 0.6) is 0 Å². The normalized spacial score (nSPS) is 17.7. The van der Waals surface area contributed by atoms with Crippen LogP contribution in [0.1, 0.15) is 32.4 Å². The van der Waals surface area contributed by atoms with Gasteiger partial charge in [0.15, 0.2) is 0 Å². The Balaban J connectivity index is 1.73. The van der Waals surface area contributed by atoms with Crippen LogP contribution in [0.25, 0.3) is 11.4 Å². The van der Waals surface area contributed by atoms with Crippen LogP contribution in [0.2, 0.25) is 0 Å². The monoisotopic (exact) mass is 312 g/mol. The number of carbonyl (C=O) groups is 1. The van der Waals surface area contributed by atoms with Gasteiger partial charge in [-0.2, -0.15) is 5.10 Å². The third-order valence-corrected chi connectivity index (χ3v) is 4.45. The first-order valence-electron chi connectivity index (χ1n) is 8.41. The summed E-state index contributed by atoms with van der Waals surface area (Å²) in [6.45, 7) is 6.44. The largest absolute Gasteiger partial charge is 0.343 e. The predicted molar refractivity (Wildman–Crippen MR) is 89.8 cm³/mol. The van der Waals surface area contributed by atoms with Gasteiger partial charge in [-0.25, -0.2) is 0 Å². The number of rotatable bonds is 5. The van der Waals surface area contributed by atoms with E-state index in [9.17, 15) is 4.79 Å². The lowest BCUT2D eigenvalue weighted by atomic mass is 10.0. The summed E-state index contributed by atoms with van der Waals surface area (Å²) in [5, 5.41) is 4.38. The molecule has 3 heterocycles. The van der Waals surface area contributed by atoms with Gasteiger partial charge < -0.3 is 4.90 Å². The average molecular weight is 312 g/mol. The maximum Gasteiger partial charge on any atom is 0.219 e. The summed E-state index contributed by atoms with van der Waals surface area (Å²) >= 11 is 0. The van der Waals surface area contributed by atoms with Gasteiger partial charge in [-0.15, -0.1) is 0 Å². The Hall–Kier alpha value is -2.17. The highest BCUT2D eigenvalue weighted by Gasteiger charge is 2.24. The van der Waals surface area contributed by atoms with Gasteiger partial charge >= 0.3 is 0 Å². The topological polar surface area (TPSA) is 51.0 Å². The lowest BCUT2D eigenvalue weighted by Gasteiger charge is -2.14. The minimum atomic E-state index is 0.178. The number of hydrogen-bond donors (Lipinski definition) is 0. The molecule has 0 saturated carbocycles. The molecular weight excluding hydrogens is 288 g/mol. The molecular formula is C18H24N4O. The van der Waals surface area contributed by atoms with Crippen LogP contribution in [0.15, 0.2) is 30.5 Å². The van der Waals surface area contributed by atoms with E-state index < -0.39 is 0 Å². The molecule has 122 valence electrons. The van der Waals surface area contributed by atoms with E-state index in [4.69, 9.17) is 4.98 Å². The van der Waals surface area contributed by atoms with Crippen molar-refractivity contribution in [3.8, 4) is 11.4 Å². The van der Waals surface area contributed by atoms with Crippen molar-refractivity contribution >= 4 is 5.91 Å². The van der Waals surface area contributed by atoms with Crippen molar-refractivity contribution in [2.45, 2.75) is 39.7 Å². The van der Waals surface area contributed by atoms with Crippen molar-refractivity contribution in [3.63, 3.8) is 0 Å². The molecule has 0 aliphatic carbocycles. The summed E-state index contributed by atoms with van der Waals surface area (Å²) in [6.07, 6.45) is 4.89. The molecule has 1 saturated heterocycles. The minimum absolute atomic E-state index is 0.178. The second-order valence-corrected chi connectivity index (χ2v) is 6.28. The van der Waals surface area contributed by atoms with Crippen molar-refractivity contribution < 1.29 is 4.79 Å². The third-order valence-electron chi connectivity index (χ3n) is 4.45. The molecule has 5 nitrogen and oxygen atoms in total. The molecule has 5 heteroatoms. The molecule has 1 aliphatic heterocycles. The van der Waals surface area contributed by atoms with Gasteiger partial charge in [-0.1, -0.05) is 13.0 Å². The Bertz CT molecular complexity index is 679. The highest BCUT2D eigenvalue weighted by Crippen LogP contribution is 2.22. The summed E-state index contributed by atoms with van der Waals surface area (Å²) < 4.78 is 2.01. The fraction of sp³-hybridized carbons (Fsp3) is 0.500. The molecule has 0 aromatic carbocycles. The zero-order valence-electron chi connectivity index (χ0n) is 13.9. The fourth-order valence-electron chi connectivity index (χ4n) is 3.26. The second kappa shape index (κ2) is 6.94. The predicted octanol–water partition coefficient (Wildman–Crippen LogP) is 2.77. The quantitative estimate of drug-likeness (QED) is 0.853. The van der Waals surface area contributed by atoms with E-state index in [1.807, 2.05) is 27.9 Å². The molecule has 1 fully saturated rings. The van der Waals surface area contributed by atoms with Crippen LogP contribution >= 0.6 is 0 Å². The zero-order chi connectivity index (χ0) is 16.2. The number of likely N-dealkylation sites (tertiary alicyclic amines) is 1. The molecule has 23 heavy (non-hydrogen) atoms. The Morgan fingerprint density at radius 2 is 2.22 bits per heavy atom. The van der Waals surface area contributed by atoms with Gasteiger partial charge in [0.2, 0.25) is 5.91 Å². The molecule has 1 amide bonds. The average Bonchev–Trinajstić information content (AvgIpc) is 3.17. The van der Waals surface area contributed by atoms with E-state index in [1.54, 1.807) is 6.92 Å². The highest BCUT2D eigenvalue weighted by atomic mass is 16.2. The van der Waals surface area contributed by atoms with Crippen molar-refractivity contribution in [1.29, 1.82) is 0 Å². The lowest BCUT2D eigenvalue weighted by molar-refractivity contribution is -0.127. The van der Waals surface area contributed by atoms with Gasteiger partial charge in [0, 0.05) is 38.4 Å². The smallest absolute Gasteiger partial charge is 0.219 e. The molecule has 0 bridgehead atoms. The first-order chi connectivity index (χ1) is 11.2. The molecule has 1 unspecified atom stereocenters. The van der Waals surface area contributed by atoms with Gasteiger partial charge in [-0.3, -0.25) is 14.5 Å². The first-order valence-corrected chi connectivity index (χ1v) is 8.41. The minimum Gasteiger partial charge on any atom is -0.343 e. The van der Waals surface area contributed by atoms with E-state index in [-0.39, 0.29) is 5.91 Å². The maximum absolute atomic E-state index is 11.5. The molecule has 0 N–H and O–H groups in total. The van der Waals surface area contributed by atoms with Crippen LogP contribution in [0.3, 0.4) is 0 Å². The van der Waals surface area contributed by atoms with Crippen molar-refractivity contribution in [2.24, 2.45) is 5.92 Å². The van der Waals surface area contributed by atoms with Crippen LogP contribution in [0, 0.1) is 5.92 Å². The SMILES string of the molecule is CCCn1nccc1-c1cccc(CC2CCN(C(C)=O)C2)n1. The van der Waals surface area contributed by atoms with Gasteiger partial charge in [-0.05, 0) is 43.4 Å². The van der Waals surface area contributed by atoms with Crippen molar-refractivity contribution in [2.75, 3.05) is 13.1 Å². The second-order valence-electron chi connectivity index (χ2n) is 6.28. The first kappa shape index (κ1) is 15.7. The Morgan fingerprint density at radius 3 is 2.96 bits per heavy atom. The number of aromatic nitrogens is 3. The Labute approximate surface area is 137 Å². The molecule has 1 aliphatic rings. The van der Waals surface area contributed by atoms with E-state index in [2.05, 4.69) is 24.2 Å².